The van der Waals surface area contributed by atoms with E-state index < -0.39 is 5.41 Å². The topological polar surface area (TPSA) is 79.0 Å². The predicted octanol–water partition coefficient (Wildman–Crippen LogP) is 2.26. The molecule has 1 aliphatic rings. The number of hydrogen-bond donors (Lipinski definition) is 1. The number of carbonyl (C=O) groups is 3. The molecule has 1 N–H and O–H groups in total. The summed E-state index contributed by atoms with van der Waals surface area (Å²) in [5.41, 5.74) is 0.558. The van der Waals surface area contributed by atoms with Crippen LogP contribution in [0.2, 0.25) is 0 Å². The van der Waals surface area contributed by atoms with E-state index in [-0.39, 0.29) is 17.9 Å². The fourth-order valence-corrected chi connectivity index (χ4v) is 2.72. The van der Waals surface area contributed by atoms with Crippen LogP contribution in [0.15, 0.2) is 24.3 Å². The molecule has 1 heterocycles. The molecular formula is C19H27N3O4. The maximum atomic E-state index is 12.8. The maximum absolute atomic E-state index is 12.8. The van der Waals surface area contributed by atoms with Crippen molar-refractivity contribution in [3.05, 3.63) is 29.8 Å². The highest BCUT2D eigenvalue weighted by molar-refractivity contribution is 6.09. The first-order chi connectivity index (χ1) is 12.3. The molecule has 7 heteroatoms. The Balaban J connectivity index is 1.95. The third kappa shape index (κ3) is 4.53. The number of benzene rings is 1. The van der Waals surface area contributed by atoms with E-state index in [0.29, 0.717) is 38.5 Å². The lowest BCUT2D eigenvalue weighted by Crippen LogP contribution is -2.55. The lowest BCUT2D eigenvalue weighted by Gasteiger charge is -2.37. The van der Waals surface area contributed by atoms with Gasteiger partial charge in [0.15, 0.2) is 0 Å². The van der Waals surface area contributed by atoms with Crippen LogP contribution in [-0.4, -0.2) is 60.5 Å². The van der Waals surface area contributed by atoms with Crippen LogP contribution in [0.4, 0.5) is 10.5 Å². The molecule has 0 atom stereocenters. The number of carbonyl (C=O) groups excluding carboxylic acids is 3. The van der Waals surface area contributed by atoms with Crippen molar-refractivity contribution in [1.82, 2.24) is 9.80 Å². The van der Waals surface area contributed by atoms with Crippen LogP contribution in [0.5, 0.6) is 0 Å². The molecule has 0 bridgehead atoms. The van der Waals surface area contributed by atoms with Crippen molar-refractivity contribution in [1.29, 1.82) is 0 Å². The third-order valence-electron chi connectivity index (χ3n) is 4.50. The zero-order valence-electron chi connectivity index (χ0n) is 15.9. The molecule has 1 saturated heterocycles. The maximum Gasteiger partial charge on any atom is 0.409 e. The zero-order chi connectivity index (χ0) is 19.3. The van der Waals surface area contributed by atoms with Gasteiger partial charge < -0.3 is 19.9 Å². The summed E-state index contributed by atoms with van der Waals surface area (Å²) in [6, 6.07) is 7.43. The standard InChI is InChI=1S/C19H27N3O4/c1-5-26-18(25)22-12-10-21(11-13-22)17(24)19(3,4)16(23)20-15-8-6-14(2)7-9-15/h6-9H,5,10-13H2,1-4H3,(H,20,23). The van der Waals surface area contributed by atoms with Gasteiger partial charge in [-0.1, -0.05) is 17.7 Å². The van der Waals surface area contributed by atoms with Gasteiger partial charge in [0.05, 0.1) is 6.61 Å². The normalized spacial score (nSPS) is 14.8. The van der Waals surface area contributed by atoms with Gasteiger partial charge in [0.25, 0.3) is 0 Å². The number of ether oxygens (including phenoxy) is 1. The minimum atomic E-state index is -1.20. The zero-order valence-corrected chi connectivity index (χ0v) is 15.9. The molecule has 1 aromatic rings. The van der Waals surface area contributed by atoms with E-state index in [4.69, 9.17) is 4.74 Å². The first-order valence-electron chi connectivity index (χ1n) is 8.85. The summed E-state index contributed by atoms with van der Waals surface area (Å²) in [7, 11) is 0. The third-order valence-corrected chi connectivity index (χ3v) is 4.50. The lowest BCUT2D eigenvalue weighted by atomic mass is 9.89. The van der Waals surface area contributed by atoms with Gasteiger partial charge in [-0.2, -0.15) is 0 Å². The Morgan fingerprint density at radius 1 is 1.04 bits per heavy atom. The van der Waals surface area contributed by atoms with Crippen molar-refractivity contribution < 1.29 is 19.1 Å². The Morgan fingerprint density at radius 3 is 2.12 bits per heavy atom. The van der Waals surface area contributed by atoms with Gasteiger partial charge in [-0.3, -0.25) is 9.59 Å². The summed E-state index contributed by atoms with van der Waals surface area (Å²) < 4.78 is 4.98. The van der Waals surface area contributed by atoms with Crippen molar-refractivity contribution in [2.45, 2.75) is 27.7 Å². The molecule has 0 radical (unpaired) electrons. The molecule has 0 spiro atoms. The summed E-state index contributed by atoms with van der Waals surface area (Å²) >= 11 is 0. The second-order valence-electron chi connectivity index (χ2n) is 6.92. The average molecular weight is 361 g/mol. The molecule has 1 aliphatic heterocycles. The largest absolute Gasteiger partial charge is 0.450 e. The highest BCUT2D eigenvalue weighted by Crippen LogP contribution is 2.23. The molecule has 0 unspecified atom stereocenters. The number of aryl methyl sites for hydroxylation is 1. The van der Waals surface area contributed by atoms with Crippen LogP contribution < -0.4 is 5.32 Å². The quantitative estimate of drug-likeness (QED) is 0.835. The second-order valence-corrected chi connectivity index (χ2v) is 6.92. The SMILES string of the molecule is CCOC(=O)N1CCN(C(=O)C(C)(C)C(=O)Nc2ccc(C)cc2)CC1. The summed E-state index contributed by atoms with van der Waals surface area (Å²) in [6.07, 6.45) is -0.365. The average Bonchev–Trinajstić information content (AvgIpc) is 2.63. The molecule has 1 fully saturated rings. The minimum Gasteiger partial charge on any atom is -0.450 e. The first kappa shape index (κ1) is 19.8. The van der Waals surface area contributed by atoms with Crippen molar-refractivity contribution in [2.24, 2.45) is 5.41 Å². The molecular weight excluding hydrogens is 334 g/mol. The first-order valence-corrected chi connectivity index (χ1v) is 8.85. The van der Waals surface area contributed by atoms with Crippen molar-refractivity contribution in [3.63, 3.8) is 0 Å². The Kier molecular flexibility index (Phi) is 6.23. The highest BCUT2D eigenvalue weighted by atomic mass is 16.6. The summed E-state index contributed by atoms with van der Waals surface area (Å²) in [6.45, 7) is 8.87. The number of anilines is 1. The fourth-order valence-electron chi connectivity index (χ4n) is 2.72. The van der Waals surface area contributed by atoms with Gasteiger partial charge in [-0.15, -0.1) is 0 Å². The van der Waals surface area contributed by atoms with Crippen LogP contribution in [0.3, 0.4) is 0 Å². The second kappa shape index (κ2) is 8.21. The van der Waals surface area contributed by atoms with Gasteiger partial charge >= 0.3 is 6.09 Å². The van der Waals surface area contributed by atoms with Crippen LogP contribution in [-0.2, 0) is 14.3 Å². The summed E-state index contributed by atoms with van der Waals surface area (Å²) in [5.74, 6) is -0.593. The van der Waals surface area contributed by atoms with Gasteiger partial charge in [0, 0.05) is 31.9 Å². The molecule has 0 saturated carbocycles. The number of piperazine rings is 1. The molecule has 7 nitrogen and oxygen atoms in total. The Morgan fingerprint density at radius 2 is 1.58 bits per heavy atom. The molecule has 3 amide bonds. The van der Waals surface area contributed by atoms with Gasteiger partial charge in [0.1, 0.15) is 5.41 Å². The van der Waals surface area contributed by atoms with Gasteiger partial charge in [0.2, 0.25) is 11.8 Å². The van der Waals surface area contributed by atoms with E-state index in [9.17, 15) is 14.4 Å². The Hall–Kier alpha value is -2.57. The monoisotopic (exact) mass is 361 g/mol. The van der Waals surface area contributed by atoms with Crippen molar-refractivity contribution in [3.8, 4) is 0 Å². The summed E-state index contributed by atoms with van der Waals surface area (Å²) in [5, 5.41) is 2.80. The number of amides is 3. The molecule has 142 valence electrons. The lowest BCUT2D eigenvalue weighted by molar-refractivity contribution is -0.147. The van der Waals surface area contributed by atoms with E-state index in [1.54, 1.807) is 30.6 Å². The smallest absolute Gasteiger partial charge is 0.409 e. The highest BCUT2D eigenvalue weighted by Gasteiger charge is 2.40. The Labute approximate surface area is 154 Å². The molecule has 2 rings (SSSR count). The molecule has 1 aromatic carbocycles. The summed E-state index contributed by atoms with van der Waals surface area (Å²) in [4.78, 5) is 40.4. The molecule has 0 aliphatic carbocycles. The van der Waals surface area contributed by atoms with E-state index in [1.807, 2.05) is 31.2 Å². The number of rotatable bonds is 4. The molecule has 0 aromatic heterocycles. The van der Waals surface area contributed by atoms with Crippen LogP contribution in [0, 0.1) is 12.3 Å². The van der Waals surface area contributed by atoms with E-state index >= 15 is 0 Å². The van der Waals surface area contributed by atoms with E-state index in [2.05, 4.69) is 5.32 Å². The van der Waals surface area contributed by atoms with Gasteiger partial charge in [-0.05, 0) is 39.8 Å². The van der Waals surface area contributed by atoms with Crippen LogP contribution in [0.25, 0.3) is 0 Å². The van der Waals surface area contributed by atoms with E-state index in [1.165, 1.54) is 0 Å². The fraction of sp³-hybridized carbons (Fsp3) is 0.526. The number of nitrogens with zero attached hydrogens (tertiary/aromatic N) is 2. The van der Waals surface area contributed by atoms with Crippen molar-refractivity contribution >= 4 is 23.6 Å². The molecule has 26 heavy (non-hydrogen) atoms. The van der Waals surface area contributed by atoms with Gasteiger partial charge in [-0.25, -0.2) is 4.79 Å². The van der Waals surface area contributed by atoms with Crippen molar-refractivity contribution in [2.75, 3.05) is 38.1 Å². The number of nitrogens with one attached hydrogen (secondary N) is 1. The number of hydrogen-bond acceptors (Lipinski definition) is 4. The Bertz CT molecular complexity index is 662. The minimum absolute atomic E-state index is 0.245. The van der Waals surface area contributed by atoms with Crippen LogP contribution >= 0.6 is 0 Å². The van der Waals surface area contributed by atoms with Crippen LogP contribution in [0.1, 0.15) is 26.3 Å². The van der Waals surface area contributed by atoms with E-state index in [0.717, 1.165) is 5.56 Å². The predicted molar refractivity (Wildman–Crippen MR) is 98.8 cm³/mol.